The van der Waals surface area contributed by atoms with Gasteiger partial charge in [0.05, 0.1) is 29.7 Å². The van der Waals surface area contributed by atoms with E-state index >= 15 is 0 Å². The SMILES string of the molecule is CCOc1ccc(C(F)(F)F)cc1NC(=O)C1CC1C(=O)O. The first-order valence-electron chi connectivity index (χ1n) is 6.61. The lowest BCUT2D eigenvalue weighted by atomic mass is 10.1. The molecule has 1 fully saturated rings. The van der Waals surface area contributed by atoms with Gasteiger partial charge in [-0.2, -0.15) is 13.2 Å². The number of nitrogens with one attached hydrogen (secondary N) is 1. The second-order valence-electron chi connectivity index (χ2n) is 4.92. The molecule has 0 spiro atoms. The number of ether oxygens (including phenoxy) is 1. The van der Waals surface area contributed by atoms with Crippen molar-refractivity contribution in [2.75, 3.05) is 11.9 Å². The van der Waals surface area contributed by atoms with Crippen LogP contribution in [0.2, 0.25) is 0 Å². The average molecular weight is 317 g/mol. The molecular weight excluding hydrogens is 303 g/mol. The number of hydrogen-bond acceptors (Lipinski definition) is 3. The summed E-state index contributed by atoms with van der Waals surface area (Å²) in [4.78, 5) is 22.6. The van der Waals surface area contributed by atoms with Gasteiger partial charge in [-0.15, -0.1) is 0 Å². The van der Waals surface area contributed by atoms with Crippen LogP contribution < -0.4 is 10.1 Å². The van der Waals surface area contributed by atoms with Gasteiger partial charge >= 0.3 is 12.1 Å². The Labute approximate surface area is 124 Å². The van der Waals surface area contributed by atoms with Crippen molar-refractivity contribution in [3.63, 3.8) is 0 Å². The number of benzene rings is 1. The van der Waals surface area contributed by atoms with E-state index in [0.717, 1.165) is 18.2 Å². The van der Waals surface area contributed by atoms with E-state index in [1.54, 1.807) is 6.92 Å². The van der Waals surface area contributed by atoms with E-state index in [0.29, 0.717) is 0 Å². The molecule has 0 heterocycles. The number of hydrogen-bond donors (Lipinski definition) is 2. The second-order valence-corrected chi connectivity index (χ2v) is 4.92. The Bertz CT molecular complexity index is 600. The number of carbonyl (C=O) groups excluding carboxylic acids is 1. The number of anilines is 1. The summed E-state index contributed by atoms with van der Waals surface area (Å²) in [6.07, 6.45) is -4.36. The van der Waals surface area contributed by atoms with Gasteiger partial charge in [0, 0.05) is 0 Å². The normalized spacial score (nSPS) is 20.4. The third kappa shape index (κ3) is 3.49. The molecule has 0 radical (unpaired) electrons. The lowest BCUT2D eigenvalue weighted by molar-refractivity contribution is -0.139. The molecule has 0 saturated heterocycles. The van der Waals surface area contributed by atoms with E-state index in [2.05, 4.69) is 5.32 Å². The number of halogens is 3. The van der Waals surface area contributed by atoms with Gasteiger partial charge in [0.1, 0.15) is 5.75 Å². The van der Waals surface area contributed by atoms with Gasteiger partial charge in [0.15, 0.2) is 0 Å². The first-order chi connectivity index (χ1) is 10.2. The summed E-state index contributed by atoms with van der Waals surface area (Å²) in [6, 6.07) is 2.77. The van der Waals surface area contributed by atoms with Crippen molar-refractivity contribution in [2.24, 2.45) is 11.8 Å². The van der Waals surface area contributed by atoms with Crippen molar-refractivity contribution in [2.45, 2.75) is 19.5 Å². The molecule has 2 unspecified atom stereocenters. The van der Waals surface area contributed by atoms with Crippen LogP contribution in [-0.2, 0) is 15.8 Å². The van der Waals surface area contributed by atoms with Gasteiger partial charge in [0.2, 0.25) is 5.91 Å². The van der Waals surface area contributed by atoms with Crippen LogP contribution in [0.15, 0.2) is 18.2 Å². The molecule has 0 bridgehead atoms. The predicted molar refractivity (Wildman–Crippen MR) is 70.5 cm³/mol. The quantitative estimate of drug-likeness (QED) is 0.875. The zero-order chi connectivity index (χ0) is 16.5. The molecule has 22 heavy (non-hydrogen) atoms. The van der Waals surface area contributed by atoms with E-state index in [9.17, 15) is 22.8 Å². The molecule has 1 aromatic rings. The number of aliphatic carboxylic acids is 1. The van der Waals surface area contributed by atoms with Crippen LogP contribution in [0.3, 0.4) is 0 Å². The number of amides is 1. The monoisotopic (exact) mass is 317 g/mol. The zero-order valence-corrected chi connectivity index (χ0v) is 11.6. The molecule has 2 N–H and O–H groups in total. The summed E-state index contributed by atoms with van der Waals surface area (Å²) in [5.41, 5.74) is -1.03. The molecule has 1 aromatic carbocycles. The second kappa shape index (κ2) is 5.86. The summed E-state index contributed by atoms with van der Waals surface area (Å²) in [7, 11) is 0. The molecule has 0 aromatic heterocycles. The van der Waals surface area contributed by atoms with E-state index in [4.69, 9.17) is 9.84 Å². The number of carboxylic acids is 1. The summed E-state index contributed by atoms with van der Waals surface area (Å²) in [5, 5.41) is 11.1. The standard InChI is InChI=1S/C14H14F3NO4/c1-2-22-11-4-3-7(14(15,16)17)5-10(11)18-12(19)8-6-9(8)13(20)21/h3-5,8-9H,2,6H2,1H3,(H,18,19)(H,20,21). The van der Waals surface area contributed by atoms with Crippen molar-refractivity contribution < 1.29 is 32.6 Å². The highest BCUT2D eigenvalue weighted by molar-refractivity contribution is 5.99. The number of carboxylic acid groups (broad SMARTS) is 1. The van der Waals surface area contributed by atoms with E-state index < -0.39 is 35.5 Å². The third-order valence-electron chi connectivity index (χ3n) is 3.31. The molecule has 1 aliphatic carbocycles. The van der Waals surface area contributed by atoms with Crippen LogP contribution in [0, 0.1) is 11.8 Å². The topological polar surface area (TPSA) is 75.6 Å². The van der Waals surface area contributed by atoms with Crippen LogP contribution in [0.25, 0.3) is 0 Å². The Hall–Kier alpha value is -2.25. The van der Waals surface area contributed by atoms with Gasteiger partial charge < -0.3 is 15.2 Å². The van der Waals surface area contributed by atoms with Gasteiger partial charge in [-0.05, 0) is 31.5 Å². The van der Waals surface area contributed by atoms with Gasteiger partial charge in [-0.1, -0.05) is 0 Å². The molecule has 1 saturated carbocycles. The fourth-order valence-electron chi connectivity index (χ4n) is 2.07. The van der Waals surface area contributed by atoms with Gasteiger partial charge in [0.25, 0.3) is 0 Å². The van der Waals surface area contributed by atoms with Gasteiger partial charge in [-0.25, -0.2) is 0 Å². The summed E-state index contributed by atoms with van der Waals surface area (Å²) >= 11 is 0. The highest BCUT2D eigenvalue weighted by Gasteiger charge is 2.48. The van der Waals surface area contributed by atoms with Crippen molar-refractivity contribution in [3.8, 4) is 5.75 Å². The fourth-order valence-corrected chi connectivity index (χ4v) is 2.07. The maximum atomic E-state index is 12.7. The van der Waals surface area contributed by atoms with Crippen LogP contribution in [0.5, 0.6) is 5.75 Å². The number of alkyl halides is 3. The number of rotatable bonds is 5. The van der Waals surface area contributed by atoms with Crippen molar-refractivity contribution in [1.82, 2.24) is 0 Å². The molecular formula is C14H14F3NO4. The highest BCUT2D eigenvalue weighted by Crippen LogP contribution is 2.41. The summed E-state index contributed by atoms with van der Waals surface area (Å²) in [6.45, 7) is 1.88. The minimum Gasteiger partial charge on any atom is -0.492 e. The molecule has 2 atom stereocenters. The Kier molecular flexibility index (Phi) is 4.30. The molecule has 1 aliphatic rings. The highest BCUT2D eigenvalue weighted by atomic mass is 19.4. The Morgan fingerprint density at radius 3 is 2.55 bits per heavy atom. The average Bonchev–Trinajstić information content (AvgIpc) is 3.20. The fraction of sp³-hybridized carbons (Fsp3) is 0.429. The lowest BCUT2D eigenvalue weighted by Gasteiger charge is -2.14. The van der Waals surface area contributed by atoms with E-state index in [-0.39, 0.29) is 24.5 Å². The zero-order valence-electron chi connectivity index (χ0n) is 11.6. The molecule has 8 heteroatoms. The first-order valence-corrected chi connectivity index (χ1v) is 6.61. The summed E-state index contributed by atoms with van der Waals surface area (Å²) in [5.74, 6) is -3.10. The molecule has 120 valence electrons. The van der Waals surface area contributed by atoms with Crippen molar-refractivity contribution >= 4 is 17.6 Å². The minimum absolute atomic E-state index is 0.108. The Morgan fingerprint density at radius 1 is 1.36 bits per heavy atom. The van der Waals surface area contributed by atoms with E-state index in [1.807, 2.05) is 0 Å². The van der Waals surface area contributed by atoms with Crippen LogP contribution >= 0.6 is 0 Å². The van der Waals surface area contributed by atoms with Crippen LogP contribution in [0.4, 0.5) is 18.9 Å². The van der Waals surface area contributed by atoms with Crippen LogP contribution in [-0.4, -0.2) is 23.6 Å². The third-order valence-corrected chi connectivity index (χ3v) is 3.31. The first kappa shape index (κ1) is 16.1. The predicted octanol–water partition coefficient (Wildman–Crippen LogP) is 2.76. The van der Waals surface area contributed by atoms with Crippen molar-refractivity contribution in [1.29, 1.82) is 0 Å². The lowest BCUT2D eigenvalue weighted by Crippen LogP contribution is -2.18. The molecule has 1 amide bonds. The minimum atomic E-state index is -4.55. The maximum absolute atomic E-state index is 12.7. The largest absolute Gasteiger partial charge is 0.492 e. The smallest absolute Gasteiger partial charge is 0.416 e. The molecule has 2 rings (SSSR count). The maximum Gasteiger partial charge on any atom is 0.416 e. The number of carbonyl (C=O) groups is 2. The molecule has 0 aliphatic heterocycles. The molecule has 5 nitrogen and oxygen atoms in total. The van der Waals surface area contributed by atoms with Crippen LogP contribution in [0.1, 0.15) is 18.9 Å². The van der Waals surface area contributed by atoms with E-state index in [1.165, 1.54) is 0 Å². The Morgan fingerprint density at radius 2 is 2.05 bits per heavy atom. The van der Waals surface area contributed by atoms with Gasteiger partial charge in [-0.3, -0.25) is 9.59 Å². The van der Waals surface area contributed by atoms with Crippen molar-refractivity contribution in [3.05, 3.63) is 23.8 Å². The Balaban J connectivity index is 2.20. The summed E-state index contributed by atoms with van der Waals surface area (Å²) < 4.78 is 43.4.